The predicted molar refractivity (Wildman–Crippen MR) is 142 cm³/mol. The third kappa shape index (κ3) is 6.54. The first kappa shape index (κ1) is 27.2. The van der Waals surface area contributed by atoms with E-state index in [1.807, 2.05) is 44.2 Å². The molecule has 1 N–H and O–H groups in total. The van der Waals surface area contributed by atoms with Crippen LogP contribution in [0, 0.1) is 12.8 Å². The van der Waals surface area contributed by atoms with Gasteiger partial charge in [-0.25, -0.2) is 0 Å². The van der Waals surface area contributed by atoms with Crippen LogP contribution in [0.3, 0.4) is 0 Å². The Morgan fingerprint density at radius 2 is 1.63 bits per heavy atom. The monoisotopic (exact) mass is 524 g/mol. The van der Waals surface area contributed by atoms with Gasteiger partial charge in [0.2, 0.25) is 0 Å². The number of carbonyl (C=O) groups excluding carboxylic acids is 2. The van der Waals surface area contributed by atoms with Crippen LogP contribution in [0.25, 0.3) is 11.1 Å². The summed E-state index contributed by atoms with van der Waals surface area (Å²) in [6.07, 6.45) is -2.13. The highest BCUT2D eigenvalue weighted by molar-refractivity contribution is 6.09. The van der Waals surface area contributed by atoms with E-state index in [9.17, 15) is 22.8 Å². The van der Waals surface area contributed by atoms with Gasteiger partial charge in [0.1, 0.15) is 0 Å². The van der Waals surface area contributed by atoms with E-state index in [1.54, 1.807) is 12.1 Å². The third-order valence-electron chi connectivity index (χ3n) is 6.88. The Bertz CT molecular complexity index is 1260. The molecule has 3 aromatic carbocycles. The van der Waals surface area contributed by atoms with E-state index in [0.717, 1.165) is 49.3 Å². The zero-order valence-electron chi connectivity index (χ0n) is 21.5. The van der Waals surface area contributed by atoms with Crippen LogP contribution in [0.5, 0.6) is 0 Å². The molecule has 0 atom stereocenters. The summed E-state index contributed by atoms with van der Waals surface area (Å²) in [4.78, 5) is 27.2. The lowest BCUT2D eigenvalue weighted by Crippen LogP contribution is -2.34. The zero-order valence-corrected chi connectivity index (χ0v) is 21.5. The standard InChI is InChI=1S/C30H31F3N2O3/c1-3-38-27(36)19-21-15-17-35(18-16-21)25-13-11-24(12-14-25)34-29(37)26-6-4-5-20(2)28(26)22-7-9-23(10-8-22)30(31,32)33/h4-14,21H,3,15-19H2,1-2H3,(H,34,37). The van der Waals surface area contributed by atoms with Crippen molar-refractivity contribution in [2.24, 2.45) is 5.92 Å². The molecule has 200 valence electrons. The minimum Gasteiger partial charge on any atom is -0.466 e. The smallest absolute Gasteiger partial charge is 0.416 e. The fourth-order valence-electron chi connectivity index (χ4n) is 4.87. The second kappa shape index (κ2) is 11.7. The third-order valence-corrected chi connectivity index (χ3v) is 6.88. The van der Waals surface area contributed by atoms with Gasteiger partial charge in [-0.15, -0.1) is 0 Å². The second-order valence-corrected chi connectivity index (χ2v) is 9.51. The fraction of sp³-hybridized carbons (Fsp3) is 0.333. The van der Waals surface area contributed by atoms with Gasteiger partial charge in [-0.05, 0) is 91.8 Å². The zero-order chi connectivity index (χ0) is 27.3. The summed E-state index contributed by atoms with van der Waals surface area (Å²) in [5.74, 6) is -0.144. The Hall–Kier alpha value is -3.81. The number of carbonyl (C=O) groups is 2. The molecule has 1 aliphatic heterocycles. The van der Waals surface area contributed by atoms with Crippen LogP contribution in [-0.4, -0.2) is 31.6 Å². The topological polar surface area (TPSA) is 58.6 Å². The highest BCUT2D eigenvalue weighted by atomic mass is 19.4. The molecule has 1 amide bonds. The van der Waals surface area contributed by atoms with Gasteiger partial charge in [0, 0.05) is 36.4 Å². The van der Waals surface area contributed by atoms with Crippen molar-refractivity contribution in [1.82, 2.24) is 0 Å². The first-order valence-corrected chi connectivity index (χ1v) is 12.7. The number of halogens is 3. The lowest BCUT2D eigenvalue weighted by atomic mass is 9.93. The molecular weight excluding hydrogens is 493 g/mol. The highest BCUT2D eigenvalue weighted by Crippen LogP contribution is 2.33. The molecular formula is C30H31F3N2O3. The van der Waals surface area contributed by atoms with Gasteiger partial charge in [0.15, 0.2) is 0 Å². The molecule has 0 aromatic heterocycles. The summed E-state index contributed by atoms with van der Waals surface area (Å²) < 4.78 is 44.1. The number of alkyl halides is 3. The van der Waals surface area contributed by atoms with E-state index < -0.39 is 11.7 Å². The van der Waals surface area contributed by atoms with E-state index in [0.29, 0.717) is 41.3 Å². The van der Waals surface area contributed by atoms with Gasteiger partial charge in [0.25, 0.3) is 5.91 Å². The summed E-state index contributed by atoms with van der Waals surface area (Å²) in [6, 6.07) is 17.7. The molecule has 0 spiro atoms. The van der Waals surface area contributed by atoms with Crippen molar-refractivity contribution in [2.75, 3.05) is 29.9 Å². The van der Waals surface area contributed by atoms with Crippen LogP contribution < -0.4 is 10.2 Å². The lowest BCUT2D eigenvalue weighted by Gasteiger charge is -2.33. The van der Waals surface area contributed by atoms with Crippen LogP contribution >= 0.6 is 0 Å². The van der Waals surface area contributed by atoms with Gasteiger partial charge in [-0.2, -0.15) is 13.2 Å². The average molecular weight is 525 g/mol. The normalized spacial score (nSPS) is 14.3. The molecule has 0 bridgehead atoms. The largest absolute Gasteiger partial charge is 0.466 e. The van der Waals surface area contributed by atoms with Gasteiger partial charge >= 0.3 is 12.1 Å². The molecule has 1 saturated heterocycles. The van der Waals surface area contributed by atoms with Gasteiger partial charge < -0.3 is 15.0 Å². The Kier molecular flexibility index (Phi) is 8.39. The number of esters is 1. The first-order valence-electron chi connectivity index (χ1n) is 12.7. The van der Waals surface area contributed by atoms with Crippen molar-refractivity contribution in [3.8, 4) is 11.1 Å². The van der Waals surface area contributed by atoms with Gasteiger partial charge in [0.05, 0.1) is 12.2 Å². The van der Waals surface area contributed by atoms with E-state index >= 15 is 0 Å². The molecule has 4 rings (SSSR count). The maximum Gasteiger partial charge on any atom is 0.416 e. The Balaban J connectivity index is 1.42. The number of ether oxygens (including phenoxy) is 1. The van der Waals surface area contributed by atoms with Gasteiger partial charge in [-0.3, -0.25) is 9.59 Å². The van der Waals surface area contributed by atoms with Crippen molar-refractivity contribution in [3.63, 3.8) is 0 Å². The number of hydrogen-bond donors (Lipinski definition) is 1. The molecule has 1 aliphatic rings. The average Bonchev–Trinajstić information content (AvgIpc) is 2.89. The number of anilines is 2. The van der Waals surface area contributed by atoms with Crippen molar-refractivity contribution >= 4 is 23.3 Å². The number of nitrogens with zero attached hydrogens (tertiary/aromatic N) is 1. The molecule has 1 heterocycles. The SMILES string of the molecule is CCOC(=O)CC1CCN(c2ccc(NC(=O)c3cccc(C)c3-c3ccc(C(F)(F)F)cc3)cc2)CC1. The number of rotatable bonds is 7. The Labute approximate surface area is 220 Å². The van der Waals surface area contributed by atoms with Crippen molar-refractivity contribution in [2.45, 2.75) is 39.3 Å². The highest BCUT2D eigenvalue weighted by Gasteiger charge is 2.30. The van der Waals surface area contributed by atoms with E-state index in [1.165, 1.54) is 12.1 Å². The van der Waals surface area contributed by atoms with Crippen LogP contribution in [-0.2, 0) is 15.7 Å². The van der Waals surface area contributed by atoms with E-state index in [2.05, 4.69) is 10.2 Å². The van der Waals surface area contributed by atoms with Crippen molar-refractivity contribution in [1.29, 1.82) is 0 Å². The maximum atomic E-state index is 13.2. The minimum absolute atomic E-state index is 0.138. The summed E-state index contributed by atoms with van der Waals surface area (Å²) in [6.45, 7) is 5.73. The molecule has 1 fully saturated rings. The molecule has 0 unspecified atom stereocenters. The van der Waals surface area contributed by atoms with Gasteiger partial charge in [-0.1, -0.05) is 24.3 Å². The number of hydrogen-bond acceptors (Lipinski definition) is 4. The summed E-state index contributed by atoms with van der Waals surface area (Å²) >= 11 is 0. The maximum absolute atomic E-state index is 13.2. The van der Waals surface area contributed by atoms with Crippen LogP contribution in [0.15, 0.2) is 66.7 Å². The van der Waals surface area contributed by atoms with Crippen LogP contribution in [0.4, 0.5) is 24.5 Å². The number of nitrogens with one attached hydrogen (secondary N) is 1. The number of benzene rings is 3. The number of piperidine rings is 1. The Morgan fingerprint density at radius 3 is 2.24 bits per heavy atom. The van der Waals surface area contributed by atoms with Crippen LogP contribution in [0.1, 0.15) is 47.7 Å². The summed E-state index contributed by atoms with van der Waals surface area (Å²) in [7, 11) is 0. The number of amides is 1. The molecule has 8 heteroatoms. The van der Waals surface area contributed by atoms with Crippen molar-refractivity contribution in [3.05, 3.63) is 83.4 Å². The van der Waals surface area contributed by atoms with Crippen molar-refractivity contribution < 1.29 is 27.5 Å². The fourth-order valence-corrected chi connectivity index (χ4v) is 4.87. The second-order valence-electron chi connectivity index (χ2n) is 9.51. The Morgan fingerprint density at radius 1 is 0.974 bits per heavy atom. The minimum atomic E-state index is -4.42. The number of aryl methyl sites for hydroxylation is 1. The molecule has 0 radical (unpaired) electrons. The molecule has 0 aliphatic carbocycles. The molecule has 38 heavy (non-hydrogen) atoms. The predicted octanol–water partition coefficient (Wildman–Crippen LogP) is 7.10. The first-order chi connectivity index (χ1) is 18.2. The van der Waals surface area contributed by atoms with E-state index in [-0.39, 0.29) is 11.9 Å². The van der Waals surface area contributed by atoms with Crippen LogP contribution in [0.2, 0.25) is 0 Å². The summed E-state index contributed by atoms with van der Waals surface area (Å²) in [5.41, 5.74) is 3.25. The van der Waals surface area contributed by atoms with E-state index in [4.69, 9.17) is 4.74 Å². The quantitative estimate of drug-likeness (QED) is 0.335. The lowest BCUT2D eigenvalue weighted by molar-refractivity contribution is -0.144. The molecule has 0 saturated carbocycles. The molecule has 3 aromatic rings. The summed E-state index contributed by atoms with van der Waals surface area (Å²) in [5, 5.41) is 2.91. The molecule has 5 nitrogen and oxygen atoms in total.